The van der Waals surface area contributed by atoms with E-state index < -0.39 is 11.6 Å². The lowest BCUT2D eigenvalue weighted by atomic mass is 9.69. The Hall–Kier alpha value is -1.56. The van der Waals surface area contributed by atoms with Gasteiger partial charge in [0.15, 0.2) is 11.6 Å². The Balaban J connectivity index is 1.48. The second kappa shape index (κ2) is 11.7. The molecule has 0 unspecified atom stereocenters. The molecule has 0 saturated heterocycles. The van der Waals surface area contributed by atoms with E-state index in [9.17, 15) is 8.78 Å². The van der Waals surface area contributed by atoms with Crippen LogP contribution in [0.15, 0.2) is 12.1 Å². The number of rotatable bonds is 7. The van der Waals surface area contributed by atoms with E-state index in [-0.39, 0.29) is 11.3 Å². The summed E-state index contributed by atoms with van der Waals surface area (Å²) in [5, 5.41) is 0. The highest BCUT2D eigenvalue weighted by Crippen LogP contribution is 2.42. The SMILES string of the molecule is CCCCC1CCC(C2CCC(C#Cc3ccc(OCCC)c(F)c3F)CC2)CC1. The first kappa shape index (κ1) is 23.1. The smallest absolute Gasteiger partial charge is 0.201 e. The van der Waals surface area contributed by atoms with Crippen molar-refractivity contribution in [3.8, 4) is 17.6 Å². The fourth-order valence-corrected chi connectivity index (χ4v) is 5.31. The zero-order valence-corrected chi connectivity index (χ0v) is 18.8. The molecule has 3 heteroatoms. The summed E-state index contributed by atoms with van der Waals surface area (Å²) in [5.41, 5.74) is 0.142. The maximum atomic E-state index is 14.3. The van der Waals surface area contributed by atoms with Crippen molar-refractivity contribution in [1.82, 2.24) is 0 Å². The molecule has 0 bridgehead atoms. The maximum Gasteiger partial charge on any atom is 0.201 e. The minimum Gasteiger partial charge on any atom is -0.490 e. The third kappa shape index (κ3) is 6.22. The predicted molar refractivity (Wildman–Crippen MR) is 119 cm³/mol. The Kier molecular flexibility index (Phi) is 9.04. The summed E-state index contributed by atoms with van der Waals surface area (Å²) in [4.78, 5) is 0. The molecule has 2 saturated carbocycles. The lowest BCUT2D eigenvalue weighted by Crippen LogP contribution is -2.25. The number of ether oxygens (including phenoxy) is 1. The van der Waals surface area contributed by atoms with E-state index in [1.54, 1.807) is 6.07 Å². The van der Waals surface area contributed by atoms with Crippen molar-refractivity contribution < 1.29 is 13.5 Å². The minimum absolute atomic E-state index is 0.0233. The highest BCUT2D eigenvalue weighted by atomic mass is 19.2. The zero-order valence-electron chi connectivity index (χ0n) is 18.8. The summed E-state index contributed by atoms with van der Waals surface area (Å²) in [6, 6.07) is 3.03. The van der Waals surface area contributed by atoms with Crippen molar-refractivity contribution in [2.75, 3.05) is 6.61 Å². The number of hydrogen-bond acceptors (Lipinski definition) is 1. The third-order valence-electron chi connectivity index (χ3n) is 7.22. The summed E-state index contributed by atoms with van der Waals surface area (Å²) in [7, 11) is 0. The van der Waals surface area contributed by atoms with Gasteiger partial charge in [-0.1, -0.05) is 57.8 Å². The van der Waals surface area contributed by atoms with Gasteiger partial charge < -0.3 is 4.74 Å². The lowest BCUT2D eigenvalue weighted by molar-refractivity contribution is 0.153. The van der Waals surface area contributed by atoms with Crippen LogP contribution in [0.5, 0.6) is 5.75 Å². The quantitative estimate of drug-likeness (QED) is 0.410. The number of benzene rings is 1. The molecule has 0 amide bonds. The van der Waals surface area contributed by atoms with Gasteiger partial charge in [-0.2, -0.15) is 4.39 Å². The molecule has 0 aliphatic heterocycles. The van der Waals surface area contributed by atoms with E-state index in [1.807, 2.05) is 6.92 Å². The van der Waals surface area contributed by atoms with E-state index in [0.717, 1.165) is 37.0 Å². The van der Waals surface area contributed by atoms with Crippen LogP contribution in [-0.2, 0) is 0 Å². The molecule has 0 radical (unpaired) electrons. The van der Waals surface area contributed by atoms with Crippen LogP contribution in [0.4, 0.5) is 8.78 Å². The van der Waals surface area contributed by atoms with E-state index in [2.05, 4.69) is 18.8 Å². The normalized spacial score (nSPS) is 26.7. The molecule has 3 rings (SSSR count). The van der Waals surface area contributed by atoms with Crippen LogP contribution in [0, 0.1) is 47.1 Å². The van der Waals surface area contributed by atoms with Crippen molar-refractivity contribution in [3.05, 3.63) is 29.3 Å². The molecule has 1 nitrogen and oxygen atoms in total. The topological polar surface area (TPSA) is 9.23 Å². The molecule has 0 N–H and O–H groups in total. The maximum absolute atomic E-state index is 14.3. The molecule has 0 heterocycles. The number of halogens is 2. The molecule has 1 aromatic rings. The fraction of sp³-hybridized carbons (Fsp3) is 0.704. The molecular formula is C27H38F2O. The summed E-state index contributed by atoms with van der Waals surface area (Å²) in [6.45, 7) is 4.60. The Morgan fingerprint density at radius 1 is 0.867 bits per heavy atom. The standard InChI is InChI=1S/C27H38F2O/c1-3-5-6-20-7-12-22(13-8-20)23-14-9-21(10-15-23)11-16-24-17-18-25(30-19-4-2)27(29)26(24)28/h17-18,20-23H,3-10,12-15,19H2,1-2H3. The summed E-state index contributed by atoms with van der Waals surface area (Å²) in [5.74, 6) is 7.32. The van der Waals surface area contributed by atoms with Gasteiger partial charge in [0.2, 0.25) is 5.82 Å². The molecule has 2 aliphatic rings. The molecule has 0 atom stereocenters. The Morgan fingerprint density at radius 3 is 2.17 bits per heavy atom. The Morgan fingerprint density at radius 2 is 1.53 bits per heavy atom. The Labute approximate surface area is 182 Å². The monoisotopic (exact) mass is 416 g/mol. The van der Waals surface area contributed by atoms with Crippen LogP contribution < -0.4 is 4.74 Å². The molecule has 0 aromatic heterocycles. The molecule has 0 spiro atoms. The third-order valence-corrected chi connectivity index (χ3v) is 7.22. The summed E-state index contributed by atoms with van der Waals surface area (Å²) < 4.78 is 33.7. The van der Waals surface area contributed by atoms with Gasteiger partial charge in [-0.15, -0.1) is 0 Å². The molecule has 166 valence electrons. The van der Waals surface area contributed by atoms with E-state index in [1.165, 1.54) is 63.9 Å². The van der Waals surface area contributed by atoms with Crippen LogP contribution in [0.2, 0.25) is 0 Å². The zero-order chi connectivity index (χ0) is 21.3. The molecule has 30 heavy (non-hydrogen) atoms. The average Bonchev–Trinajstić information content (AvgIpc) is 2.79. The van der Waals surface area contributed by atoms with Crippen LogP contribution in [0.25, 0.3) is 0 Å². The first-order chi connectivity index (χ1) is 14.6. The largest absolute Gasteiger partial charge is 0.490 e. The lowest BCUT2D eigenvalue weighted by Gasteiger charge is -2.37. The van der Waals surface area contributed by atoms with Gasteiger partial charge in [0.05, 0.1) is 12.2 Å². The highest BCUT2D eigenvalue weighted by Gasteiger charge is 2.30. The van der Waals surface area contributed by atoms with Crippen molar-refractivity contribution >= 4 is 0 Å². The summed E-state index contributed by atoms with van der Waals surface area (Å²) >= 11 is 0. The van der Waals surface area contributed by atoms with E-state index in [0.29, 0.717) is 12.5 Å². The van der Waals surface area contributed by atoms with Crippen molar-refractivity contribution in [2.24, 2.45) is 23.7 Å². The van der Waals surface area contributed by atoms with Crippen LogP contribution in [-0.4, -0.2) is 6.61 Å². The van der Waals surface area contributed by atoms with Gasteiger partial charge >= 0.3 is 0 Å². The fourth-order valence-electron chi connectivity index (χ4n) is 5.31. The Bertz CT molecular complexity index is 716. The number of unbranched alkanes of at least 4 members (excludes halogenated alkanes) is 1. The first-order valence-corrected chi connectivity index (χ1v) is 12.2. The van der Waals surface area contributed by atoms with Crippen LogP contribution in [0.3, 0.4) is 0 Å². The second-order valence-electron chi connectivity index (χ2n) is 9.39. The second-order valence-corrected chi connectivity index (χ2v) is 9.39. The van der Waals surface area contributed by atoms with E-state index in [4.69, 9.17) is 4.74 Å². The summed E-state index contributed by atoms with van der Waals surface area (Å²) in [6.07, 6.45) is 15.2. The van der Waals surface area contributed by atoms with Gasteiger partial charge in [0, 0.05) is 5.92 Å². The van der Waals surface area contributed by atoms with Gasteiger partial charge in [-0.3, -0.25) is 0 Å². The van der Waals surface area contributed by atoms with Gasteiger partial charge in [0.1, 0.15) is 0 Å². The predicted octanol–water partition coefficient (Wildman–Crippen LogP) is 7.91. The molecule has 2 aliphatic carbocycles. The van der Waals surface area contributed by atoms with Crippen LogP contribution >= 0.6 is 0 Å². The van der Waals surface area contributed by atoms with Crippen molar-refractivity contribution in [2.45, 2.75) is 90.9 Å². The molecular weight excluding hydrogens is 378 g/mol. The minimum atomic E-state index is -0.923. The van der Waals surface area contributed by atoms with Gasteiger partial charge in [-0.05, 0) is 74.8 Å². The molecule has 1 aromatic carbocycles. The molecule has 2 fully saturated rings. The highest BCUT2D eigenvalue weighted by molar-refractivity contribution is 5.41. The number of hydrogen-bond donors (Lipinski definition) is 0. The van der Waals surface area contributed by atoms with E-state index >= 15 is 0 Å². The van der Waals surface area contributed by atoms with Crippen molar-refractivity contribution in [1.29, 1.82) is 0 Å². The van der Waals surface area contributed by atoms with Crippen LogP contribution in [0.1, 0.15) is 96.5 Å². The van der Waals surface area contributed by atoms with Gasteiger partial charge in [0.25, 0.3) is 0 Å². The first-order valence-electron chi connectivity index (χ1n) is 12.2. The average molecular weight is 417 g/mol. The van der Waals surface area contributed by atoms with Crippen molar-refractivity contribution in [3.63, 3.8) is 0 Å². The van der Waals surface area contributed by atoms with Gasteiger partial charge in [-0.25, -0.2) is 4.39 Å².